The van der Waals surface area contributed by atoms with Crippen LogP contribution in [0.2, 0.25) is 0 Å². The van der Waals surface area contributed by atoms with Gasteiger partial charge in [-0.3, -0.25) is 10.1 Å². The average Bonchev–Trinajstić information content (AvgIpc) is 2.92. The Bertz CT molecular complexity index is 452. The van der Waals surface area contributed by atoms with E-state index >= 15 is 0 Å². The summed E-state index contributed by atoms with van der Waals surface area (Å²) in [7, 11) is 0. The lowest BCUT2D eigenvalue weighted by molar-refractivity contribution is -0.385. The van der Waals surface area contributed by atoms with E-state index in [4.69, 9.17) is 5.11 Å². The van der Waals surface area contributed by atoms with Gasteiger partial charge in [-0.05, 0) is 38.3 Å². The molecule has 21 heavy (non-hydrogen) atoms. The lowest BCUT2D eigenvalue weighted by atomic mass is 10.2. The highest BCUT2D eigenvalue weighted by Gasteiger charge is 2.22. The maximum Gasteiger partial charge on any atom is 0.287 e. The van der Waals surface area contributed by atoms with Gasteiger partial charge in [0.1, 0.15) is 12.0 Å². The third-order valence-corrected chi connectivity index (χ3v) is 3.72. The molecule has 0 amide bonds. The molecule has 1 saturated heterocycles. The molecule has 0 radical (unpaired) electrons. The predicted molar refractivity (Wildman–Crippen MR) is 80.3 cm³/mol. The predicted octanol–water partition coefficient (Wildman–Crippen LogP) is 1.64. The summed E-state index contributed by atoms with van der Waals surface area (Å²) in [5.41, 5.74) is 0.0116. The summed E-state index contributed by atoms with van der Waals surface area (Å²) in [6.45, 7) is 3.36. The number of aromatic nitrogens is 1. The first-order valence-corrected chi connectivity index (χ1v) is 7.39. The maximum absolute atomic E-state index is 10.6. The van der Waals surface area contributed by atoms with E-state index in [-0.39, 0.29) is 12.3 Å². The lowest BCUT2D eigenvalue weighted by Crippen LogP contribution is -2.27. The number of unbranched alkanes of at least 4 members (excludes halogenated alkanes) is 2. The molecule has 0 spiro atoms. The van der Waals surface area contributed by atoms with Crippen LogP contribution in [0.4, 0.5) is 11.5 Å². The smallest absolute Gasteiger partial charge is 0.287 e. The van der Waals surface area contributed by atoms with Crippen molar-refractivity contribution in [3.05, 3.63) is 28.4 Å². The fraction of sp³-hybridized carbons (Fsp3) is 0.643. The van der Waals surface area contributed by atoms with E-state index in [0.29, 0.717) is 11.9 Å². The number of aliphatic hydroxyl groups excluding tert-OH is 1. The lowest BCUT2D eigenvalue weighted by Gasteiger charge is -2.16. The zero-order valence-corrected chi connectivity index (χ0v) is 12.1. The Labute approximate surface area is 124 Å². The van der Waals surface area contributed by atoms with Gasteiger partial charge in [0.15, 0.2) is 0 Å². The molecule has 1 atom stereocenters. The zero-order valence-electron chi connectivity index (χ0n) is 12.1. The Balaban J connectivity index is 1.73. The first-order chi connectivity index (χ1) is 10.2. The van der Waals surface area contributed by atoms with Crippen molar-refractivity contribution in [1.82, 2.24) is 9.88 Å². The minimum atomic E-state index is -0.444. The van der Waals surface area contributed by atoms with Crippen LogP contribution >= 0.6 is 0 Å². The molecule has 7 heteroatoms. The number of hydrogen-bond acceptors (Lipinski definition) is 6. The first kappa shape index (κ1) is 15.7. The monoisotopic (exact) mass is 294 g/mol. The van der Waals surface area contributed by atoms with Gasteiger partial charge in [-0.15, -0.1) is 0 Å². The van der Waals surface area contributed by atoms with Crippen molar-refractivity contribution >= 4 is 11.5 Å². The molecule has 1 unspecified atom stereocenters. The summed E-state index contributed by atoms with van der Waals surface area (Å²) in [6.07, 6.45) is 5.39. The first-order valence-electron chi connectivity index (χ1n) is 7.39. The molecule has 0 bridgehead atoms. The van der Waals surface area contributed by atoms with Crippen molar-refractivity contribution in [2.75, 3.05) is 31.6 Å². The van der Waals surface area contributed by atoms with Crippen LogP contribution < -0.4 is 5.32 Å². The Morgan fingerprint density at radius 2 is 2.29 bits per heavy atom. The number of nitrogens with zero attached hydrogens (tertiary/aromatic N) is 3. The SMILES string of the molecule is O=[N+]([O-])c1ccc(NC2CCN(CCCCCO)C2)nc1. The third kappa shape index (κ3) is 4.95. The molecule has 2 heterocycles. The molecule has 0 aliphatic carbocycles. The molecule has 1 aliphatic heterocycles. The molecular weight excluding hydrogens is 272 g/mol. The molecule has 1 aromatic heterocycles. The standard InChI is InChI=1S/C14H22N4O3/c19-9-3-1-2-7-17-8-6-12(11-17)16-14-5-4-13(10-15-14)18(20)21/h4-5,10,12,19H,1-3,6-9,11H2,(H,15,16). The van der Waals surface area contributed by atoms with Crippen LogP contribution in [0.25, 0.3) is 0 Å². The third-order valence-electron chi connectivity index (χ3n) is 3.72. The van der Waals surface area contributed by atoms with Crippen LogP contribution in [0, 0.1) is 10.1 Å². The van der Waals surface area contributed by atoms with Crippen LogP contribution in [0.15, 0.2) is 18.3 Å². The molecule has 2 rings (SSSR count). The number of nitro groups is 1. The number of anilines is 1. The van der Waals surface area contributed by atoms with Gasteiger partial charge in [0.25, 0.3) is 5.69 Å². The molecule has 0 aromatic carbocycles. The molecule has 1 aromatic rings. The summed E-state index contributed by atoms with van der Waals surface area (Å²) >= 11 is 0. The average molecular weight is 294 g/mol. The van der Waals surface area contributed by atoms with Crippen molar-refractivity contribution < 1.29 is 10.0 Å². The van der Waals surface area contributed by atoms with E-state index < -0.39 is 4.92 Å². The van der Waals surface area contributed by atoms with Gasteiger partial charge in [0, 0.05) is 31.8 Å². The van der Waals surface area contributed by atoms with Crippen LogP contribution in [-0.4, -0.2) is 52.2 Å². The van der Waals surface area contributed by atoms with E-state index in [1.807, 2.05) is 0 Å². The van der Waals surface area contributed by atoms with Gasteiger partial charge in [-0.25, -0.2) is 4.98 Å². The normalized spacial score (nSPS) is 18.8. The highest BCUT2D eigenvalue weighted by molar-refractivity contribution is 5.41. The highest BCUT2D eigenvalue weighted by Crippen LogP contribution is 2.17. The summed E-state index contributed by atoms with van der Waals surface area (Å²) in [4.78, 5) is 16.6. The highest BCUT2D eigenvalue weighted by atomic mass is 16.6. The van der Waals surface area contributed by atoms with Crippen LogP contribution in [0.5, 0.6) is 0 Å². The summed E-state index contributed by atoms with van der Waals surface area (Å²) in [5.74, 6) is 0.688. The molecule has 1 fully saturated rings. The Hall–Kier alpha value is -1.73. The van der Waals surface area contributed by atoms with Gasteiger partial charge in [0.2, 0.25) is 0 Å². The zero-order chi connectivity index (χ0) is 15.1. The van der Waals surface area contributed by atoms with Crippen LogP contribution in [0.1, 0.15) is 25.7 Å². The van der Waals surface area contributed by atoms with Gasteiger partial charge >= 0.3 is 0 Å². The minimum Gasteiger partial charge on any atom is -0.396 e. The molecule has 0 saturated carbocycles. The second-order valence-corrected chi connectivity index (χ2v) is 5.37. The van der Waals surface area contributed by atoms with E-state index in [1.54, 1.807) is 6.07 Å². The number of hydrogen-bond donors (Lipinski definition) is 2. The van der Waals surface area contributed by atoms with Crippen molar-refractivity contribution in [3.63, 3.8) is 0 Å². The summed E-state index contributed by atoms with van der Waals surface area (Å²) in [6, 6.07) is 3.47. The molecule has 2 N–H and O–H groups in total. The topological polar surface area (TPSA) is 91.5 Å². The quantitative estimate of drug-likeness (QED) is 0.430. The van der Waals surface area contributed by atoms with Gasteiger partial charge in [0.05, 0.1) is 4.92 Å². The van der Waals surface area contributed by atoms with Gasteiger partial charge < -0.3 is 15.3 Å². The van der Waals surface area contributed by atoms with Crippen molar-refractivity contribution in [1.29, 1.82) is 0 Å². The second-order valence-electron chi connectivity index (χ2n) is 5.37. The number of likely N-dealkylation sites (tertiary alicyclic amines) is 1. The van der Waals surface area contributed by atoms with Gasteiger partial charge in [-0.2, -0.15) is 0 Å². The summed E-state index contributed by atoms with van der Waals surface area (Å²) < 4.78 is 0. The van der Waals surface area contributed by atoms with E-state index in [2.05, 4.69) is 15.2 Å². The number of nitrogens with one attached hydrogen (secondary N) is 1. The largest absolute Gasteiger partial charge is 0.396 e. The van der Waals surface area contributed by atoms with E-state index in [1.165, 1.54) is 12.3 Å². The van der Waals surface area contributed by atoms with E-state index in [9.17, 15) is 10.1 Å². The molecule has 7 nitrogen and oxygen atoms in total. The van der Waals surface area contributed by atoms with E-state index in [0.717, 1.165) is 45.3 Å². The summed E-state index contributed by atoms with van der Waals surface area (Å²) in [5, 5.41) is 22.6. The maximum atomic E-state index is 10.6. The molecule has 1 aliphatic rings. The van der Waals surface area contributed by atoms with Crippen molar-refractivity contribution in [2.45, 2.75) is 31.7 Å². The van der Waals surface area contributed by atoms with Gasteiger partial charge in [-0.1, -0.05) is 0 Å². The van der Waals surface area contributed by atoms with Crippen molar-refractivity contribution in [3.8, 4) is 0 Å². The fourth-order valence-electron chi connectivity index (χ4n) is 2.57. The number of aliphatic hydroxyl groups is 1. The minimum absolute atomic E-state index is 0.0116. The Morgan fingerprint density at radius 3 is 2.95 bits per heavy atom. The van der Waals surface area contributed by atoms with Crippen LogP contribution in [-0.2, 0) is 0 Å². The molecular formula is C14H22N4O3. The van der Waals surface area contributed by atoms with Crippen LogP contribution in [0.3, 0.4) is 0 Å². The van der Waals surface area contributed by atoms with Crippen molar-refractivity contribution in [2.24, 2.45) is 0 Å². The Kier molecular flexibility index (Phi) is 5.89. The number of pyridine rings is 1. The number of rotatable bonds is 8. The molecule has 116 valence electrons. The second kappa shape index (κ2) is 7.90. The Morgan fingerprint density at radius 1 is 1.43 bits per heavy atom. The fourth-order valence-corrected chi connectivity index (χ4v) is 2.57.